The lowest BCUT2D eigenvalue weighted by Crippen LogP contribution is -2.29. The number of hydrazine groups is 1. The zero-order valence-electron chi connectivity index (χ0n) is 10.1. The van der Waals surface area contributed by atoms with E-state index in [1.165, 1.54) is 17.0 Å². The van der Waals surface area contributed by atoms with Gasteiger partial charge in [0.15, 0.2) is 0 Å². The zero-order chi connectivity index (χ0) is 14.0. The van der Waals surface area contributed by atoms with Crippen molar-refractivity contribution in [2.24, 2.45) is 5.84 Å². The van der Waals surface area contributed by atoms with Crippen LogP contribution in [0, 0.1) is 0 Å². The maximum absolute atomic E-state index is 12.8. The molecule has 0 bridgehead atoms. The molecule has 0 radical (unpaired) electrons. The van der Waals surface area contributed by atoms with E-state index >= 15 is 0 Å². The molecule has 0 spiro atoms. The van der Waals surface area contributed by atoms with Crippen LogP contribution in [-0.2, 0) is 6.18 Å². The van der Waals surface area contributed by atoms with E-state index in [-0.39, 0.29) is 11.3 Å². The summed E-state index contributed by atoms with van der Waals surface area (Å²) in [5.41, 5.74) is 0.666. The molecule has 1 aromatic carbocycles. The molecule has 3 N–H and O–H groups in total. The number of hydrogen-bond acceptors (Lipinski definition) is 3. The summed E-state index contributed by atoms with van der Waals surface area (Å²) in [7, 11) is 0. The summed E-state index contributed by atoms with van der Waals surface area (Å²) in [6, 6.07) is 3.47. The minimum absolute atomic E-state index is 0.0424. The van der Waals surface area contributed by atoms with Crippen molar-refractivity contribution < 1.29 is 18.0 Å². The molecular formula is C12H14F3N3O. The quantitative estimate of drug-likeness (QED) is 0.641. The number of nitrogens with one attached hydrogen (secondary N) is 1. The number of nitrogens with two attached hydrogens (primary N) is 1. The van der Waals surface area contributed by atoms with E-state index in [9.17, 15) is 18.0 Å². The van der Waals surface area contributed by atoms with Gasteiger partial charge in [-0.25, -0.2) is 0 Å². The van der Waals surface area contributed by atoms with Gasteiger partial charge in [0.25, 0.3) is 5.91 Å². The van der Waals surface area contributed by atoms with Gasteiger partial charge in [-0.05, 0) is 25.0 Å². The Morgan fingerprint density at radius 3 is 2.42 bits per heavy atom. The Morgan fingerprint density at radius 2 is 1.89 bits per heavy atom. The van der Waals surface area contributed by atoms with Crippen LogP contribution in [0.4, 0.5) is 18.9 Å². The molecule has 1 heterocycles. The van der Waals surface area contributed by atoms with Gasteiger partial charge in [-0.2, -0.15) is 13.2 Å². The summed E-state index contributed by atoms with van der Waals surface area (Å²) in [5, 5.41) is 0. The Labute approximate surface area is 108 Å². The first-order valence-electron chi connectivity index (χ1n) is 5.91. The lowest BCUT2D eigenvalue weighted by Gasteiger charge is -2.20. The number of para-hydroxylation sites is 1. The van der Waals surface area contributed by atoms with Crippen LogP contribution in [0.5, 0.6) is 0 Å². The van der Waals surface area contributed by atoms with Gasteiger partial charge in [0.2, 0.25) is 0 Å². The van der Waals surface area contributed by atoms with Crippen molar-refractivity contribution in [1.82, 2.24) is 4.90 Å². The number of rotatable bonds is 2. The Morgan fingerprint density at radius 1 is 1.26 bits per heavy atom. The van der Waals surface area contributed by atoms with Crippen LogP contribution in [0.1, 0.15) is 28.8 Å². The van der Waals surface area contributed by atoms with Gasteiger partial charge in [0, 0.05) is 13.1 Å². The molecule has 7 heteroatoms. The molecule has 0 saturated carbocycles. The third kappa shape index (κ3) is 2.65. The fourth-order valence-electron chi connectivity index (χ4n) is 2.21. The van der Waals surface area contributed by atoms with E-state index < -0.39 is 17.6 Å². The molecule has 0 unspecified atom stereocenters. The molecular weight excluding hydrogens is 259 g/mol. The third-order valence-electron chi connectivity index (χ3n) is 3.14. The molecule has 104 valence electrons. The standard InChI is InChI=1S/C12H14F3N3O/c13-12(14,15)9-5-3-4-8(10(9)17-16)11(19)18-6-1-2-7-18/h3-5,17H,1-2,6-7,16H2. The smallest absolute Gasteiger partial charge is 0.339 e. The lowest BCUT2D eigenvalue weighted by atomic mass is 10.1. The molecule has 1 aliphatic rings. The van der Waals surface area contributed by atoms with Gasteiger partial charge >= 0.3 is 6.18 Å². The first kappa shape index (κ1) is 13.7. The van der Waals surface area contributed by atoms with E-state index in [1.54, 1.807) is 0 Å². The van der Waals surface area contributed by atoms with E-state index in [4.69, 9.17) is 5.84 Å². The molecule has 1 aliphatic heterocycles. The zero-order valence-corrected chi connectivity index (χ0v) is 10.1. The highest BCUT2D eigenvalue weighted by atomic mass is 19.4. The number of carbonyl (C=O) groups excluding carboxylic acids is 1. The number of nitrogen functional groups attached to an aromatic ring is 1. The van der Waals surface area contributed by atoms with Crippen molar-refractivity contribution in [3.63, 3.8) is 0 Å². The van der Waals surface area contributed by atoms with Crippen LogP contribution in [0.25, 0.3) is 0 Å². The summed E-state index contributed by atoms with van der Waals surface area (Å²) in [6.45, 7) is 1.14. The van der Waals surface area contributed by atoms with Gasteiger partial charge in [0.05, 0.1) is 16.8 Å². The number of nitrogens with zero attached hydrogens (tertiary/aromatic N) is 1. The van der Waals surface area contributed by atoms with Crippen LogP contribution in [0.3, 0.4) is 0 Å². The maximum Gasteiger partial charge on any atom is 0.418 e. The molecule has 1 amide bonds. The van der Waals surface area contributed by atoms with E-state index in [0.29, 0.717) is 13.1 Å². The number of carbonyl (C=O) groups is 1. The summed E-state index contributed by atoms with van der Waals surface area (Å²) in [4.78, 5) is 13.7. The number of hydrogen-bond donors (Lipinski definition) is 2. The first-order valence-corrected chi connectivity index (χ1v) is 5.91. The number of benzene rings is 1. The van der Waals surface area contributed by atoms with E-state index in [2.05, 4.69) is 0 Å². The minimum atomic E-state index is -4.55. The normalized spacial score (nSPS) is 15.7. The molecule has 4 nitrogen and oxygen atoms in total. The fourth-order valence-corrected chi connectivity index (χ4v) is 2.21. The second kappa shape index (κ2) is 5.08. The highest BCUT2D eigenvalue weighted by molar-refractivity contribution is 6.00. The number of likely N-dealkylation sites (tertiary alicyclic amines) is 1. The largest absolute Gasteiger partial charge is 0.418 e. The van der Waals surface area contributed by atoms with Crippen molar-refractivity contribution in [2.75, 3.05) is 18.5 Å². The highest BCUT2D eigenvalue weighted by Gasteiger charge is 2.35. The third-order valence-corrected chi connectivity index (χ3v) is 3.14. The summed E-state index contributed by atoms with van der Waals surface area (Å²) >= 11 is 0. The monoisotopic (exact) mass is 273 g/mol. The summed E-state index contributed by atoms with van der Waals surface area (Å²) in [5.74, 6) is 4.74. The van der Waals surface area contributed by atoms with Crippen LogP contribution >= 0.6 is 0 Å². The van der Waals surface area contributed by atoms with Crippen LogP contribution in [0.15, 0.2) is 18.2 Å². The van der Waals surface area contributed by atoms with Gasteiger partial charge in [0.1, 0.15) is 0 Å². The lowest BCUT2D eigenvalue weighted by molar-refractivity contribution is -0.137. The van der Waals surface area contributed by atoms with Crippen LogP contribution in [-0.4, -0.2) is 23.9 Å². The minimum Gasteiger partial charge on any atom is -0.339 e. The Bertz CT molecular complexity index is 482. The predicted molar refractivity (Wildman–Crippen MR) is 64.4 cm³/mol. The molecule has 0 aromatic heterocycles. The van der Waals surface area contributed by atoms with Gasteiger partial charge in [-0.1, -0.05) is 6.07 Å². The second-order valence-corrected chi connectivity index (χ2v) is 4.37. The van der Waals surface area contributed by atoms with Crippen LogP contribution < -0.4 is 11.3 Å². The maximum atomic E-state index is 12.8. The van der Waals surface area contributed by atoms with Crippen molar-refractivity contribution in [2.45, 2.75) is 19.0 Å². The fraction of sp³-hybridized carbons (Fsp3) is 0.417. The van der Waals surface area contributed by atoms with Crippen LogP contribution in [0.2, 0.25) is 0 Å². The Hall–Kier alpha value is -1.76. The van der Waals surface area contributed by atoms with Gasteiger partial charge < -0.3 is 10.3 Å². The van der Waals surface area contributed by atoms with E-state index in [0.717, 1.165) is 18.9 Å². The van der Waals surface area contributed by atoms with Gasteiger partial charge in [-0.3, -0.25) is 10.6 Å². The Balaban J connectivity index is 2.42. The predicted octanol–water partition coefficient (Wildman–Crippen LogP) is 2.23. The Kier molecular flexibility index (Phi) is 3.66. The topological polar surface area (TPSA) is 58.4 Å². The van der Waals surface area contributed by atoms with Crippen molar-refractivity contribution in [3.05, 3.63) is 29.3 Å². The number of halogens is 3. The SMILES string of the molecule is NNc1c(C(=O)N2CCCC2)cccc1C(F)(F)F. The summed E-state index contributed by atoms with van der Waals surface area (Å²) < 4.78 is 38.5. The number of alkyl halides is 3. The van der Waals surface area contributed by atoms with Crippen molar-refractivity contribution >= 4 is 11.6 Å². The van der Waals surface area contributed by atoms with Crippen molar-refractivity contribution in [3.8, 4) is 0 Å². The molecule has 0 atom stereocenters. The van der Waals surface area contributed by atoms with Gasteiger partial charge in [-0.15, -0.1) is 0 Å². The van der Waals surface area contributed by atoms with E-state index in [1.807, 2.05) is 5.43 Å². The number of anilines is 1. The average molecular weight is 273 g/mol. The van der Waals surface area contributed by atoms with Crippen molar-refractivity contribution in [1.29, 1.82) is 0 Å². The molecule has 1 fully saturated rings. The average Bonchev–Trinajstić information content (AvgIpc) is 2.89. The molecule has 19 heavy (non-hydrogen) atoms. The molecule has 1 saturated heterocycles. The molecule has 1 aromatic rings. The number of amides is 1. The summed E-state index contributed by atoms with van der Waals surface area (Å²) in [6.07, 6.45) is -2.81. The first-order chi connectivity index (χ1) is 8.95. The molecule has 0 aliphatic carbocycles. The second-order valence-electron chi connectivity index (χ2n) is 4.37. The molecule has 2 rings (SSSR count). The highest BCUT2D eigenvalue weighted by Crippen LogP contribution is 2.36.